The molecule has 3 fully saturated rings. The molecule has 7 heteroatoms. The van der Waals surface area contributed by atoms with Gasteiger partial charge in [0.1, 0.15) is 11.9 Å². The van der Waals surface area contributed by atoms with Crippen LogP contribution in [0.3, 0.4) is 0 Å². The Labute approximate surface area is 157 Å². The first-order valence-electron chi connectivity index (χ1n) is 9.18. The SMILES string of the molecule is O=C(O)c1ccc(CN(C(=O)O[C@H]2CN3CCC2CC3)c2ccccc2)o1. The number of rotatable bonds is 5. The number of carboxylic acid groups (broad SMARTS) is 1. The summed E-state index contributed by atoms with van der Waals surface area (Å²) in [6, 6.07) is 12.2. The molecule has 0 aliphatic carbocycles. The maximum Gasteiger partial charge on any atom is 0.415 e. The molecule has 5 rings (SSSR count). The number of piperidine rings is 3. The number of amides is 1. The normalized spacial score (nSPS) is 23.8. The molecule has 2 bridgehead atoms. The number of ether oxygens (including phenoxy) is 1. The lowest BCUT2D eigenvalue weighted by Gasteiger charge is -2.44. The molecule has 1 aromatic carbocycles. The Kier molecular flexibility index (Phi) is 4.85. The quantitative estimate of drug-likeness (QED) is 0.870. The number of benzene rings is 1. The van der Waals surface area contributed by atoms with Crippen LogP contribution < -0.4 is 4.90 Å². The second-order valence-electron chi connectivity index (χ2n) is 7.05. The van der Waals surface area contributed by atoms with Gasteiger partial charge in [0, 0.05) is 12.2 Å². The van der Waals surface area contributed by atoms with Crippen LogP contribution in [0.25, 0.3) is 0 Å². The Morgan fingerprint density at radius 1 is 1.15 bits per heavy atom. The summed E-state index contributed by atoms with van der Waals surface area (Å²) in [5.74, 6) is -0.480. The van der Waals surface area contributed by atoms with Gasteiger partial charge in [-0.05, 0) is 56.1 Å². The van der Waals surface area contributed by atoms with Gasteiger partial charge in [0.2, 0.25) is 5.76 Å². The third-order valence-electron chi connectivity index (χ3n) is 5.32. The Hall–Kier alpha value is -2.80. The fraction of sp³-hybridized carbons (Fsp3) is 0.400. The van der Waals surface area contributed by atoms with Crippen LogP contribution in [0.2, 0.25) is 0 Å². The number of hydrogen-bond donors (Lipinski definition) is 1. The highest BCUT2D eigenvalue weighted by Gasteiger charge is 2.37. The van der Waals surface area contributed by atoms with Crippen molar-refractivity contribution < 1.29 is 23.8 Å². The van der Waals surface area contributed by atoms with Gasteiger partial charge < -0.3 is 14.3 Å². The molecule has 1 amide bonds. The Balaban J connectivity index is 1.52. The van der Waals surface area contributed by atoms with Gasteiger partial charge in [0.25, 0.3) is 0 Å². The van der Waals surface area contributed by atoms with Crippen molar-refractivity contribution in [3.05, 3.63) is 54.0 Å². The zero-order chi connectivity index (χ0) is 18.8. The van der Waals surface area contributed by atoms with Crippen molar-refractivity contribution in [3.8, 4) is 0 Å². The summed E-state index contributed by atoms with van der Waals surface area (Å²) >= 11 is 0. The predicted octanol–water partition coefficient (Wildman–Crippen LogP) is 3.22. The van der Waals surface area contributed by atoms with E-state index in [0.29, 0.717) is 17.4 Å². The van der Waals surface area contributed by atoms with Gasteiger partial charge in [-0.15, -0.1) is 0 Å². The van der Waals surface area contributed by atoms with E-state index in [1.807, 2.05) is 30.3 Å². The van der Waals surface area contributed by atoms with Crippen molar-refractivity contribution in [3.63, 3.8) is 0 Å². The second kappa shape index (κ2) is 7.44. The third kappa shape index (κ3) is 3.83. The summed E-state index contributed by atoms with van der Waals surface area (Å²) < 4.78 is 11.2. The number of para-hydroxylation sites is 1. The number of hydrogen-bond acceptors (Lipinski definition) is 5. The van der Waals surface area contributed by atoms with Crippen molar-refractivity contribution in [2.75, 3.05) is 24.5 Å². The largest absolute Gasteiger partial charge is 0.475 e. The van der Waals surface area contributed by atoms with Gasteiger partial charge in [0.05, 0.1) is 6.54 Å². The summed E-state index contributed by atoms with van der Waals surface area (Å²) in [6.45, 7) is 3.04. The van der Waals surface area contributed by atoms with E-state index in [2.05, 4.69) is 4.90 Å². The molecule has 1 atom stereocenters. The number of aromatic carboxylic acids is 1. The number of anilines is 1. The highest BCUT2D eigenvalue weighted by molar-refractivity contribution is 5.88. The van der Waals surface area contributed by atoms with Gasteiger partial charge in [0.15, 0.2) is 0 Å². The first-order chi connectivity index (χ1) is 13.1. The third-order valence-corrected chi connectivity index (χ3v) is 5.32. The van der Waals surface area contributed by atoms with Crippen LogP contribution in [0.1, 0.15) is 29.2 Å². The van der Waals surface area contributed by atoms with Crippen LogP contribution in [0, 0.1) is 5.92 Å². The van der Waals surface area contributed by atoms with E-state index in [1.54, 1.807) is 6.07 Å². The first-order valence-corrected chi connectivity index (χ1v) is 9.18. The molecule has 3 saturated heterocycles. The van der Waals surface area contributed by atoms with E-state index in [-0.39, 0.29) is 18.4 Å². The summed E-state index contributed by atoms with van der Waals surface area (Å²) in [6.07, 6.45) is 1.58. The van der Waals surface area contributed by atoms with E-state index in [4.69, 9.17) is 14.3 Å². The molecule has 3 aliphatic rings. The fourth-order valence-corrected chi connectivity index (χ4v) is 3.84. The van der Waals surface area contributed by atoms with E-state index in [1.165, 1.54) is 11.0 Å². The lowest BCUT2D eigenvalue weighted by atomic mass is 9.86. The highest BCUT2D eigenvalue weighted by Crippen LogP contribution is 2.30. The van der Waals surface area contributed by atoms with Gasteiger partial charge in [-0.1, -0.05) is 18.2 Å². The minimum Gasteiger partial charge on any atom is -0.475 e. The molecule has 142 valence electrons. The monoisotopic (exact) mass is 370 g/mol. The van der Waals surface area contributed by atoms with Crippen molar-refractivity contribution >= 4 is 17.7 Å². The highest BCUT2D eigenvalue weighted by atomic mass is 16.6. The number of carbonyl (C=O) groups is 2. The van der Waals surface area contributed by atoms with Crippen molar-refractivity contribution in [1.29, 1.82) is 0 Å². The van der Waals surface area contributed by atoms with Crippen LogP contribution in [-0.4, -0.2) is 47.8 Å². The van der Waals surface area contributed by atoms with Crippen LogP contribution >= 0.6 is 0 Å². The van der Waals surface area contributed by atoms with E-state index in [0.717, 1.165) is 32.5 Å². The van der Waals surface area contributed by atoms with Gasteiger partial charge in [-0.2, -0.15) is 0 Å². The molecular formula is C20H22N2O5. The zero-order valence-electron chi connectivity index (χ0n) is 14.9. The van der Waals surface area contributed by atoms with Crippen molar-refractivity contribution in [1.82, 2.24) is 4.90 Å². The number of carboxylic acids is 1. The lowest BCUT2D eigenvalue weighted by molar-refractivity contribution is -0.0312. The Morgan fingerprint density at radius 3 is 2.48 bits per heavy atom. The number of nitrogens with zero attached hydrogens (tertiary/aromatic N) is 2. The molecule has 4 heterocycles. The number of fused-ring (bicyclic) bond motifs is 3. The van der Waals surface area contributed by atoms with Gasteiger partial charge in [-0.3, -0.25) is 9.80 Å². The van der Waals surface area contributed by atoms with E-state index in [9.17, 15) is 9.59 Å². The molecule has 0 saturated carbocycles. The standard InChI is InChI=1S/C20H22N2O5/c23-19(24)17-7-6-16(26-17)12-22(15-4-2-1-3-5-15)20(25)27-18-13-21-10-8-14(18)9-11-21/h1-7,14,18H,8-13H2,(H,23,24)/t18-/m0/s1. The van der Waals surface area contributed by atoms with Gasteiger partial charge >= 0.3 is 12.1 Å². The van der Waals surface area contributed by atoms with Crippen LogP contribution in [-0.2, 0) is 11.3 Å². The number of carbonyl (C=O) groups excluding carboxylic acids is 1. The molecule has 3 aliphatic heterocycles. The summed E-state index contributed by atoms with van der Waals surface area (Å²) in [4.78, 5) is 27.8. The summed E-state index contributed by atoms with van der Waals surface area (Å²) in [5.41, 5.74) is 0.678. The Bertz CT molecular complexity index is 811. The maximum absolute atomic E-state index is 13.0. The predicted molar refractivity (Wildman–Crippen MR) is 97.7 cm³/mol. The first kappa shape index (κ1) is 17.6. The Morgan fingerprint density at radius 2 is 1.89 bits per heavy atom. The van der Waals surface area contributed by atoms with Crippen LogP contribution in [0.15, 0.2) is 46.9 Å². The minimum atomic E-state index is -1.14. The molecule has 0 unspecified atom stereocenters. The summed E-state index contributed by atoms with van der Waals surface area (Å²) in [5, 5.41) is 9.03. The molecule has 0 radical (unpaired) electrons. The van der Waals surface area contributed by atoms with E-state index < -0.39 is 12.1 Å². The van der Waals surface area contributed by atoms with Gasteiger partial charge in [-0.25, -0.2) is 9.59 Å². The fourth-order valence-electron chi connectivity index (χ4n) is 3.84. The van der Waals surface area contributed by atoms with E-state index >= 15 is 0 Å². The molecule has 1 N–H and O–H groups in total. The molecule has 1 aromatic heterocycles. The van der Waals surface area contributed by atoms with Crippen LogP contribution in [0.5, 0.6) is 0 Å². The minimum absolute atomic E-state index is 0.0996. The average Bonchev–Trinajstić information content (AvgIpc) is 3.17. The summed E-state index contributed by atoms with van der Waals surface area (Å²) in [7, 11) is 0. The van der Waals surface area contributed by atoms with Crippen molar-refractivity contribution in [2.24, 2.45) is 5.92 Å². The lowest BCUT2D eigenvalue weighted by Crippen LogP contribution is -2.53. The maximum atomic E-state index is 13.0. The average molecular weight is 370 g/mol. The second-order valence-corrected chi connectivity index (χ2v) is 7.05. The molecule has 7 nitrogen and oxygen atoms in total. The number of furan rings is 1. The molecule has 0 spiro atoms. The zero-order valence-corrected chi connectivity index (χ0v) is 14.9. The smallest absolute Gasteiger partial charge is 0.415 e. The van der Waals surface area contributed by atoms with Crippen LogP contribution in [0.4, 0.5) is 10.5 Å². The topological polar surface area (TPSA) is 83.2 Å². The van der Waals surface area contributed by atoms with Crippen molar-refractivity contribution in [2.45, 2.75) is 25.5 Å². The molecular weight excluding hydrogens is 348 g/mol. The molecule has 27 heavy (non-hydrogen) atoms. The molecule has 2 aromatic rings.